The van der Waals surface area contributed by atoms with Crippen LogP contribution in [-0.4, -0.2) is 31.1 Å². The van der Waals surface area contributed by atoms with Gasteiger partial charge in [0.25, 0.3) is 0 Å². The summed E-state index contributed by atoms with van der Waals surface area (Å²) in [6, 6.07) is 2.18. The molecule has 0 radical (unpaired) electrons. The number of rotatable bonds is 7. The van der Waals surface area contributed by atoms with Gasteiger partial charge in [0.05, 0.1) is 0 Å². The first-order chi connectivity index (χ1) is 7.26. The average molecular weight is 291 g/mol. The number of hydrogen-bond donors (Lipinski definition) is 1. The van der Waals surface area contributed by atoms with E-state index in [9.17, 15) is 0 Å². The van der Waals surface area contributed by atoms with Crippen LogP contribution >= 0.6 is 27.3 Å². The van der Waals surface area contributed by atoms with Crippen LogP contribution in [-0.2, 0) is 6.54 Å². The van der Waals surface area contributed by atoms with Crippen LogP contribution in [0.5, 0.6) is 0 Å². The first-order valence-corrected chi connectivity index (χ1v) is 7.09. The van der Waals surface area contributed by atoms with Crippen molar-refractivity contribution in [3.63, 3.8) is 0 Å². The molecule has 0 saturated carbocycles. The zero-order valence-corrected chi connectivity index (χ0v) is 11.8. The number of thiophene rings is 1. The topological polar surface area (TPSA) is 15.3 Å². The Balaban J connectivity index is 2.11. The van der Waals surface area contributed by atoms with Crippen LogP contribution < -0.4 is 5.32 Å². The maximum atomic E-state index is 3.46. The molecule has 86 valence electrons. The fourth-order valence-electron chi connectivity index (χ4n) is 1.44. The van der Waals surface area contributed by atoms with Crippen molar-refractivity contribution in [3.05, 3.63) is 20.8 Å². The Morgan fingerprint density at radius 3 is 2.67 bits per heavy atom. The molecule has 0 bridgehead atoms. The third kappa shape index (κ3) is 5.11. The fourth-order valence-corrected chi connectivity index (χ4v) is 2.86. The summed E-state index contributed by atoms with van der Waals surface area (Å²) in [5.41, 5.74) is 0. The number of likely N-dealkylation sites (N-methyl/N-ethyl adjacent to an activating group) is 1. The second-order valence-corrected chi connectivity index (χ2v) is 5.35. The molecular weight excluding hydrogens is 272 g/mol. The summed E-state index contributed by atoms with van der Waals surface area (Å²) >= 11 is 5.26. The minimum atomic E-state index is 0.984. The van der Waals surface area contributed by atoms with E-state index < -0.39 is 0 Å². The van der Waals surface area contributed by atoms with Gasteiger partial charge in [-0.3, -0.25) is 0 Å². The molecule has 1 heterocycles. The van der Waals surface area contributed by atoms with Crippen LogP contribution in [0.15, 0.2) is 15.9 Å². The summed E-state index contributed by atoms with van der Waals surface area (Å²) < 4.78 is 1.19. The highest BCUT2D eigenvalue weighted by atomic mass is 79.9. The summed E-state index contributed by atoms with van der Waals surface area (Å²) in [5.74, 6) is 0. The van der Waals surface area contributed by atoms with E-state index >= 15 is 0 Å². The summed E-state index contributed by atoms with van der Waals surface area (Å²) in [5, 5.41) is 5.59. The molecular formula is C11H19BrN2S. The Hall–Kier alpha value is 0.1000. The van der Waals surface area contributed by atoms with E-state index in [1.165, 1.54) is 9.35 Å². The Morgan fingerprint density at radius 1 is 1.40 bits per heavy atom. The van der Waals surface area contributed by atoms with E-state index in [2.05, 4.69) is 51.4 Å². The van der Waals surface area contributed by atoms with Crippen molar-refractivity contribution in [1.29, 1.82) is 0 Å². The molecule has 0 aliphatic carbocycles. The second kappa shape index (κ2) is 7.39. The van der Waals surface area contributed by atoms with Gasteiger partial charge in [-0.25, -0.2) is 0 Å². The molecule has 0 fully saturated rings. The Bertz CT molecular complexity index is 271. The summed E-state index contributed by atoms with van der Waals surface area (Å²) in [4.78, 5) is 3.82. The van der Waals surface area contributed by atoms with Crippen molar-refractivity contribution in [2.45, 2.75) is 20.4 Å². The van der Waals surface area contributed by atoms with Gasteiger partial charge in [0.1, 0.15) is 0 Å². The normalized spacial score (nSPS) is 11.2. The molecule has 1 aromatic rings. The summed E-state index contributed by atoms with van der Waals surface area (Å²) in [6.07, 6.45) is 0. The van der Waals surface area contributed by atoms with Gasteiger partial charge < -0.3 is 10.2 Å². The molecule has 0 spiro atoms. The van der Waals surface area contributed by atoms with Gasteiger partial charge >= 0.3 is 0 Å². The van der Waals surface area contributed by atoms with Crippen LogP contribution in [0.25, 0.3) is 0 Å². The third-order valence-electron chi connectivity index (χ3n) is 2.42. The Kier molecular flexibility index (Phi) is 6.48. The number of halogens is 1. The van der Waals surface area contributed by atoms with Crippen LogP contribution in [0.1, 0.15) is 18.7 Å². The summed E-state index contributed by atoms with van der Waals surface area (Å²) in [7, 11) is 0. The van der Waals surface area contributed by atoms with Gasteiger partial charge in [-0.1, -0.05) is 13.8 Å². The van der Waals surface area contributed by atoms with Crippen LogP contribution in [0, 0.1) is 0 Å². The van der Waals surface area contributed by atoms with Gasteiger partial charge in [0.2, 0.25) is 0 Å². The first-order valence-electron chi connectivity index (χ1n) is 5.42. The minimum Gasteiger partial charge on any atom is -0.311 e. The van der Waals surface area contributed by atoms with Crippen molar-refractivity contribution < 1.29 is 0 Å². The number of hydrogen-bond acceptors (Lipinski definition) is 3. The number of nitrogens with one attached hydrogen (secondary N) is 1. The fraction of sp³-hybridized carbons (Fsp3) is 0.636. The lowest BCUT2D eigenvalue weighted by molar-refractivity contribution is 0.302. The molecule has 0 unspecified atom stereocenters. The second-order valence-electron chi connectivity index (χ2n) is 3.43. The van der Waals surface area contributed by atoms with Crippen LogP contribution in [0.2, 0.25) is 0 Å². The lowest BCUT2D eigenvalue weighted by Gasteiger charge is -2.17. The van der Waals surface area contributed by atoms with E-state index in [1.54, 1.807) is 11.3 Å². The van der Waals surface area contributed by atoms with E-state index in [0.29, 0.717) is 0 Å². The zero-order chi connectivity index (χ0) is 11.1. The minimum absolute atomic E-state index is 0.984. The smallest absolute Gasteiger partial charge is 0.0300 e. The molecule has 4 heteroatoms. The lowest BCUT2D eigenvalue weighted by Crippen LogP contribution is -2.31. The predicted molar refractivity (Wildman–Crippen MR) is 71.5 cm³/mol. The number of nitrogens with zero attached hydrogens (tertiary/aromatic N) is 1. The Morgan fingerprint density at radius 2 is 2.13 bits per heavy atom. The average Bonchev–Trinajstić information content (AvgIpc) is 2.65. The predicted octanol–water partition coefficient (Wildman–Crippen LogP) is 2.94. The quantitative estimate of drug-likeness (QED) is 0.777. The third-order valence-corrected chi connectivity index (χ3v) is 4.12. The molecule has 1 rings (SSSR count). The molecule has 0 amide bonds. The molecule has 0 aromatic carbocycles. The molecule has 2 nitrogen and oxygen atoms in total. The van der Waals surface area contributed by atoms with Crippen LogP contribution in [0.4, 0.5) is 0 Å². The lowest BCUT2D eigenvalue weighted by atomic mass is 10.4. The van der Waals surface area contributed by atoms with Crippen molar-refractivity contribution in [1.82, 2.24) is 10.2 Å². The first kappa shape index (κ1) is 13.2. The van der Waals surface area contributed by atoms with Crippen LogP contribution in [0.3, 0.4) is 0 Å². The molecule has 0 atom stereocenters. The van der Waals surface area contributed by atoms with Gasteiger partial charge in [-0.05, 0) is 35.1 Å². The van der Waals surface area contributed by atoms with Gasteiger partial charge in [-0.2, -0.15) is 0 Å². The highest BCUT2D eigenvalue weighted by Crippen LogP contribution is 2.19. The van der Waals surface area contributed by atoms with E-state index in [0.717, 1.165) is 32.7 Å². The highest BCUT2D eigenvalue weighted by molar-refractivity contribution is 9.10. The van der Waals surface area contributed by atoms with E-state index in [1.807, 2.05) is 0 Å². The highest BCUT2D eigenvalue weighted by Gasteiger charge is 1.99. The molecule has 0 saturated heterocycles. The van der Waals surface area contributed by atoms with E-state index in [4.69, 9.17) is 0 Å². The summed E-state index contributed by atoms with van der Waals surface area (Å²) in [6.45, 7) is 9.89. The molecule has 1 aromatic heterocycles. The SMILES string of the molecule is CCN(CC)CCNCc1cc(Br)cs1. The standard InChI is InChI=1S/C11H19BrN2S/c1-3-14(4-2)6-5-13-8-11-7-10(12)9-15-11/h7,9,13H,3-6,8H2,1-2H3. The van der Waals surface area contributed by atoms with E-state index in [-0.39, 0.29) is 0 Å². The molecule has 0 aliphatic heterocycles. The van der Waals surface area contributed by atoms with Crippen molar-refractivity contribution >= 4 is 27.3 Å². The largest absolute Gasteiger partial charge is 0.311 e. The van der Waals surface area contributed by atoms with Crippen molar-refractivity contribution in [2.75, 3.05) is 26.2 Å². The van der Waals surface area contributed by atoms with Gasteiger partial charge in [0.15, 0.2) is 0 Å². The monoisotopic (exact) mass is 290 g/mol. The molecule has 15 heavy (non-hydrogen) atoms. The Labute approximate surface area is 105 Å². The maximum absolute atomic E-state index is 3.46. The maximum Gasteiger partial charge on any atom is 0.0300 e. The van der Waals surface area contributed by atoms with Gasteiger partial charge in [-0.15, -0.1) is 11.3 Å². The van der Waals surface area contributed by atoms with Crippen molar-refractivity contribution in [3.8, 4) is 0 Å². The molecule has 0 aliphatic rings. The van der Waals surface area contributed by atoms with Crippen molar-refractivity contribution in [2.24, 2.45) is 0 Å². The van der Waals surface area contributed by atoms with Gasteiger partial charge in [0, 0.05) is 34.4 Å². The molecule has 1 N–H and O–H groups in total. The zero-order valence-electron chi connectivity index (χ0n) is 9.42.